The van der Waals surface area contributed by atoms with Gasteiger partial charge in [-0.1, -0.05) is 402 Å². The second kappa shape index (κ2) is 64.8. The van der Waals surface area contributed by atoms with Crippen molar-refractivity contribution in [1.82, 2.24) is 0 Å². The fraction of sp³-hybridized carbons (Fsp3) is 0.651. The van der Waals surface area contributed by atoms with Crippen LogP contribution >= 0.6 is 0 Å². The van der Waals surface area contributed by atoms with E-state index in [0.29, 0.717) is 0 Å². The van der Waals surface area contributed by atoms with Gasteiger partial charge in [-0.25, -0.2) is 0 Å². The van der Waals surface area contributed by atoms with Gasteiger partial charge in [-0.05, 0) is 203 Å². The van der Waals surface area contributed by atoms with Crippen molar-refractivity contribution in [3.8, 4) is 45.6 Å². The minimum Gasteiger partial charge on any atom is -0.496 e. The first kappa shape index (κ1) is 101. The van der Waals surface area contributed by atoms with Gasteiger partial charge in [0.2, 0.25) is 0 Å². The molecule has 6 heteroatoms. The number of rotatable bonds is 62. The predicted octanol–water partition coefficient (Wildman–Crippen LogP) is 34.8. The zero-order valence-electron chi connectivity index (χ0n) is 77.5. The molecule has 1 aliphatic carbocycles. The molecule has 0 aromatic heterocycles. The number of hydrogen-bond acceptors (Lipinski definition) is 6. The second-order valence-corrected chi connectivity index (χ2v) is 34.4. The first-order valence-electron chi connectivity index (χ1n) is 48.2. The smallest absolute Gasteiger partial charge is 0.122 e. The Bertz CT molecular complexity index is 3250. The summed E-state index contributed by atoms with van der Waals surface area (Å²) in [6.45, 7) is 37.2. The van der Waals surface area contributed by atoms with Crippen molar-refractivity contribution in [2.45, 2.75) is 424 Å². The van der Waals surface area contributed by atoms with Gasteiger partial charge >= 0.3 is 0 Å². The van der Waals surface area contributed by atoms with E-state index in [2.05, 4.69) is 200 Å². The van der Waals surface area contributed by atoms with Crippen molar-refractivity contribution >= 4 is 12.2 Å². The van der Waals surface area contributed by atoms with Crippen LogP contribution < -0.4 is 28.4 Å². The molecule has 0 fully saturated rings. The number of ether oxygens (including phenoxy) is 6. The Labute approximate surface area is 709 Å². The molecular weight excluding hydrogens is 1410 g/mol. The van der Waals surface area contributed by atoms with Gasteiger partial charge in [-0.3, -0.25) is 0 Å². The lowest BCUT2D eigenvalue weighted by Gasteiger charge is -2.33. The van der Waals surface area contributed by atoms with Crippen LogP contribution in [0.15, 0.2) is 97.1 Å². The first-order chi connectivity index (χ1) is 56.1. The van der Waals surface area contributed by atoms with Gasteiger partial charge in [0.1, 0.15) is 34.5 Å². The molecule has 0 amide bonds. The summed E-state index contributed by atoms with van der Waals surface area (Å²) in [6.07, 6.45) is 69.7. The molecule has 0 saturated heterocycles. The fourth-order valence-corrected chi connectivity index (χ4v) is 16.2. The standard InChI is InChI=1S/C36H56O2.C31H46.C28H50O2.C14H22O2/c1-5-7-9-11-13-15-17-19-27-37-35-29-33(23-21-31(35)3)25-26-34-24-22-32(4)36(30-34)38-28-20-18-16-14-12-10-8-6-2;1-5-7-9-11-13-15-21-31(22-16-14-12-10-8-6-2)29-23-25(3)17-19-27(29)28-20-18-26(4)24-30(28)31;1-5-7-9-11-13-15-17-19-21-29-27-23-26(4)28(24-25(27)3)30-22-20-18-16-14-12-10-8-6-2;1-5-6-7-8-16-14-10-11(2)13(15-4)9-12(14)3/h21-26,29-30H,5-20,27-28H2,1-4H3;17-20,23-24H,5-16,21-22H2,1-4H3;23-24H,5-22H2,1-4H3;9-10H,5-8H2,1-4H3/b26-25+;;;. The summed E-state index contributed by atoms with van der Waals surface area (Å²) >= 11 is 0. The van der Waals surface area contributed by atoms with E-state index in [1.54, 1.807) is 18.2 Å². The Balaban J connectivity index is 0.000000334. The monoisotopic (exact) mass is 1580 g/mol. The topological polar surface area (TPSA) is 55.4 Å². The molecule has 0 aliphatic heterocycles. The molecular formula is C109H174O6. The third kappa shape index (κ3) is 42.4. The molecule has 0 bridgehead atoms. The molecule has 0 spiro atoms. The minimum absolute atomic E-state index is 0.234. The largest absolute Gasteiger partial charge is 0.496 e. The Morgan fingerprint density at radius 2 is 0.452 bits per heavy atom. The minimum atomic E-state index is 0.234. The lowest BCUT2D eigenvalue weighted by atomic mass is 9.70. The van der Waals surface area contributed by atoms with Crippen LogP contribution in [0.1, 0.15) is 430 Å². The SMILES string of the molecule is CCCCCCCCC1(CCCCCCCC)c2cc(C)ccc2-c2ccc(C)cc21.CCCCCCCCCCOc1cc(/C=C/c2ccc(C)c(OCCCCCCCCCC)c2)ccc1C.CCCCCCCCCCOc1cc(C)c(OCCCCCCCCCC)cc1C.CCCCCOc1cc(C)c(OC)cc1C. The van der Waals surface area contributed by atoms with Crippen LogP contribution in [-0.2, 0) is 5.41 Å². The van der Waals surface area contributed by atoms with Gasteiger partial charge in [-0.2, -0.15) is 0 Å². The van der Waals surface area contributed by atoms with E-state index < -0.39 is 0 Å². The van der Waals surface area contributed by atoms with Crippen LogP contribution in [0.25, 0.3) is 23.3 Å². The lowest BCUT2D eigenvalue weighted by molar-refractivity contribution is 0.293. The molecule has 0 heterocycles. The summed E-state index contributed by atoms with van der Waals surface area (Å²) in [4.78, 5) is 0. The molecule has 7 rings (SSSR count). The third-order valence-electron chi connectivity index (χ3n) is 23.7. The zero-order valence-corrected chi connectivity index (χ0v) is 77.5. The van der Waals surface area contributed by atoms with Crippen LogP contribution in [0, 0.1) is 55.4 Å². The van der Waals surface area contributed by atoms with Crippen molar-refractivity contribution in [1.29, 1.82) is 0 Å². The molecule has 6 aromatic carbocycles. The Hall–Kier alpha value is -6.14. The Morgan fingerprint density at radius 3 is 0.730 bits per heavy atom. The van der Waals surface area contributed by atoms with E-state index in [4.69, 9.17) is 28.4 Å². The Kier molecular flexibility index (Phi) is 57.0. The van der Waals surface area contributed by atoms with Crippen molar-refractivity contribution in [3.63, 3.8) is 0 Å². The summed E-state index contributed by atoms with van der Waals surface area (Å²) in [7, 11) is 1.70. The number of methoxy groups -OCH3 is 1. The first-order valence-corrected chi connectivity index (χ1v) is 48.2. The molecule has 115 heavy (non-hydrogen) atoms. The van der Waals surface area contributed by atoms with E-state index in [-0.39, 0.29) is 5.41 Å². The van der Waals surface area contributed by atoms with Crippen LogP contribution in [0.4, 0.5) is 0 Å². The summed E-state index contributed by atoms with van der Waals surface area (Å²) in [5.74, 6) is 5.97. The molecule has 6 nitrogen and oxygen atoms in total. The van der Waals surface area contributed by atoms with Crippen LogP contribution in [0.2, 0.25) is 0 Å². The molecule has 1 aliphatic rings. The molecule has 0 radical (unpaired) electrons. The maximum Gasteiger partial charge on any atom is 0.122 e. The highest BCUT2D eigenvalue weighted by Crippen LogP contribution is 2.55. The molecule has 646 valence electrons. The van der Waals surface area contributed by atoms with Gasteiger partial charge in [-0.15, -0.1) is 0 Å². The van der Waals surface area contributed by atoms with Crippen molar-refractivity contribution < 1.29 is 28.4 Å². The second-order valence-electron chi connectivity index (χ2n) is 34.4. The van der Waals surface area contributed by atoms with Gasteiger partial charge in [0, 0.05) is 5.41 Å². The maximum atomic E-state index is 6.15. The maximum absolute atomic E-state index is 6.15. The third-order valence-corrected chi connectivity index (χ3v) is 23.7. The van der Waals surface area contributed by atoms with Crippen LogP contribution in [0.3, 0.4) is 0 Å². The summed E-state index contributed by atoms with van der Waals surface area (Å²) in [6, 6.07) is 35.9. The van der Waals surface area contributed by atoms with Gasteiger partial charge in [0.15, 0.2) is 0 Å². The number of hydrogen-bond donors (Lipinski definition) is 0. The van der Waals surface area contributed by atoms with Crippen LogP contribution in [-0.4, -0.2) is 40.1 Å². The number of fused-ring (bicyclic) bond motifs is 3. The molecule has 0 atom stereocenters. The normalized spacial score (nSPS) is 11.8. The Morgan fingerprint density at radius 1 is 0.226 bits per heavy atom. The van der Waals surface area contributed by atoms with Crippen molar-refractivity contribution in [2.24, 2.45) is 0 Å². The zero-order chi connectivity index (χ0) is 83.2. The highest BCUT2D eigenvalue weighted by atomic mass is 16.5. The van der Waals surface area contributed by atoms with Crippen molar-refractivity contribution in [2.75, 3.05) is 40.1 Å². The van der Waals surface area contributed by atoms with Crippen LogP contribution in [0.5, 0.6) is 34.5 Å². The quantitative estimate of drug-likeness (QED) is 0.0280. The predicted molar refractivity (Wildman–Crippen MR) is 505 cm³/mol. The highest BCUT2D eigenvalue weighted by Gasteiger charge is 2.42. The number of benzene rings is 6. The number of aryl methyl sites for hydroxylation is 8. The lowest BCUT2D eigenvalue weighted by Crippen LogP contribution is -2.25. The molecule has 0 N–H and O–H groups in total. The molecule has 0 saturated carbocycles. The molecule has 0 unspecified atom stereocenters. The van der Waals surface area contributed by atoms with Gasteiger partial charge in [0.05, 0.1) is 40.1 Å². The van der Waals surface area contributed by atoms with E-state index in [1.807, 2.05) is 13.0 Å². The number of unbranched alkanes of at least 4 members (excludes halogenated alkanes) is 40. The van der Waals surface area contributed by atoms with Gasteiger partial charge in [0.25, 0.3) is 0 Å². The highest BCUT2D eigenvalue weighted by molar-refractivity contribution is 5.82. The van der Waals surface area contributed by atoms with Gasteiger partial charge < -0.3 is 28.4 Å². The van der Waals surface area contributed by atoms with E-state index >= 15 is 0 Å². The van der Waals surface area contributed by atoms with E-state index in [1.165, 1.54) is 338 Å². The van der Waals surface area contributed by atoms with E-state index in [9.17, 15) is 0 Å². The fourth-order valence-electron chi connectivity index (χ4n) is 16.2. The van der Waals surface area contributed by atoms with E-state index in [0.717, 1.165) is 111 Å². The summed E-state index contributed by atoms with van der Waals surface area (Å²) in [5, 5.41) is 0. The summed E-state index contributed by atoms with van der Waals surface area (Å²) < 4.78 is 35.5. The average molecular weight is 1580 g/mol. The van der Waals surface area contributed by atoms with Crippen molar-refractivity contribution in [3.05, 3.63) is 164 Å². The molecule has 6 aromatic rings. The average Bonchev–Trinajstić information content (AvgIpc) is 1.57. The summed E-state index contributed by atoms with van der Waals surface area (Å²) in [5.41, 5.74) is 18.7.